The maximum atomic E-state index is 13.8. The third-order valence-corrected chi connectivity index (χ3v) is 6.65. The Labute approximate surface area is 209 Å². The molecular weight excluding hydrogens is 480 g/mol. The molecule has 0 atom stereocenters. The first kappa shape index (κ1) is 23.2. The number of benzene rings is 1. The number of hydrogen-bond donors (Lipinski definition) is 1. The highest BCUT2D eigenvalue weighted by molar-refractivity contribution is 5.83. The van der Waals surface area contributed by atoms with Crippen LogP contribution in [-0.4, -0.2) is 42.4 Å². The largest absolute Gasteiger partial charge is 0.415 e. The van der Waals surface area contributed by atoms with Crippen molar-refractivity contribution in [3.05, 3.63) is 83.1 Å². The summed E-state index contributed by atoms with van der Waals surface area (Å²) >= 11 is 0. The summed E-state index contributed by atoms with van der Waals surface area (Å²) in [5, 5.41) is 10.4. The normalized spacial score (nSPS) is 14.6. The van der Waals surface area contributed by atoms with E-state index in [4.69, 9.17) is 4.42 Å². The molecule has 0 bridgehead atoms. The summed E-state index contributed by atoms with van der Waals surface area (Å²) in [5.41, 5.74) is 4.64. The molecule has 0 unspecified atom stereocenters. The monoisotopic (exact) mass is 503 g/mol. The zero-order chi connectivity index (χ0) is 25.4. The molecule has 37 heavy (non-hydrogen) atoms. The van der Waals surface area contributed by atoms with Gasteiger partial charge in [0, 0.05) is 30.2 Å². The number of fused-ring (bicyclic) bond motifs is 1. The standard InChI is InChI=1S/C26H23F2N7O2/c27-23(28)25-33-32-24(37-25)18-3-5-19(31-14-18)15-34-21-6-4-16(17-2-1-9-30-13-17)12-22(21)35(26(34)36)20-7-10-29-11-8-20/h1-6,9,12-14,20,23,29H,7-8,10-11,15H2. The molecule has 1 saturated heterocycles. The van der Waals surface area contributed by atoms with Crippen LogP contribution in [0.1, 0.15) is 36.9 Å². The van der Waals surface area contributed by atoms with Gasteiger partial charge < -0.3 is 9.73 Å². The van der Waals surface area contributed by atoms with Gasteiger partial charge in [0.25, 0.3) is 5.89 Å². The Morgan fingerprint density at radius 1 is 1.00 bits per heavy atom. The highest BCUT2D eigenvalue weighted by Gasteiger charge is 2.23. The zero-order valence-corrected chi connectivity index (χ0v) is 19.7. The minimum absolute atomic E-state index is 0.0306. The van der Waals surface area contributed by atoms with E-state index in [-0.39, 0.29) is 24.2 Å². The van der Waals surface area contributed by atoms with Crippen LogP contribution in [0.3, 0.4) is 0 Å². The molecule has 0 amide bonds. The number of aromatic nitrogens is 6. The number of imidazole rings is 1. The SMILES string of the molecule is O=c1n(Cc2ccc(-c3nnc(C(F)F)o3)cn2)c2ccc(-c3cccnc3)cc2n1C1CCNCC1. The Morgan fingerprint density at radius 3 is 2.54 bits per heavy atom. The average molecular weight is 504 g/mol. The van der Waals surface area contributed by atoms with Crippen molar-refractivity contribution in [2.45, 2.75) is 31.9 Å². The highest BCUT2D eigenvalue weighted by Crippen LogP contribution is 2.28. The molecule has 0 aliphatic carbocycles. The average Bonchev–Trinajstić information content (AvgIpc) is 3.54. The van der Waals surface area contributed by atoms with Gasteiger partial charge >= 0.3 is 12.1 Å². The van der Waals surface area contributed by atoms with Crippen LogP contribution in [0.2, 0.25) is 0 Å². The Hall–Kier alpha value is -4.25. The van der Waals surface area contributed by atoms with Gasteiger partial charge in [-0.1, -0.05) is 12.1 Å². The maximum absolute atomic E-state index is 13.8. The third-order valence-electron chi connectivity index (χ3n) is 6.65. The van der Waals surface area contributed by atoms with E-state index in [1.165, 1.54) is 6.20 Å². The smallest absolute Gasteiger partial charge is 0.329 e. The lowest BCUT2D eigenvalue weighted by Gasteiger charge is -2.24. The fraction of sp³-hybridized carbons (Fsp3) is 0.269. The van der Waals surface area contributed by atoms with Crippen molar-refractivity contribution >= 4 is 11.0 Å². The molecule has 4 aromatic heterocycles. The van der Waals surface area contributed by atoms with Gasteiger partial charge in [-0.15, -0.1) is 10.2 Å². The van der Waals surface area contributed by atoms with Gasteiger partial charge in [-0.2, -0.15) is 8.78 Å². The van der Waals surface area contributed by atoms with Crippen molar-refractivity contribution in [3.63, 3.8) is 0 Å². The summed E-state index contributed by atoms with van der Waals surface area (Å²) < 4.78 is 34.2. The molecule has 6 rings (SSSR count). The van der Waals surface area contributed by atoms with E-state index in [9.17, 15) is 13.6 Å². The van der Waals surface area contributed by atoms with Crippen molar-refractivity contribution in [1.29, 1.82) is 0 Å². The number of nitrogens with zero attached hydrogens (tertiary/aromatic N) is 6. The Kier molecular flexibility index (Phi) is 6.05. The lowest BCUT2D eigenvalue weighted by molar-refractivity contribution is 0.116. The number of hydrogen-bond acceptors (Lipinski definition) is 7. The van der Waals surface area contributed by atoms with Gasteiger partial charge in [-0.05, 0) is 61.8 Å². The fourth-order valence-electron chi connectivity index (χ4n) is 4.81. The molecular formula is C26H23F2N7O2. The van der Waals surface area contributed by atoms with Gasteiger partial charge in [0.1, 0.15) is 0 Å². The highest BCUT2D eigenvalue weighted by atomic mass is 19.3. The second-order valence-corrected chi connectivity index (χ2v) is 8.95. The topological polar surface area (TPSA) is 104 Å². The molecule has 1 N–H and O–H groups in total. The maximum Gasteiger partial charge on any atom is 0.329 e. The first-order chi connectivity index (χ1) is 18.1. The molecule has 188 valence electrons. The molecule has 1 aliphatic rings. The van der Waals surface area contributed by atoms with E-state index in [1.807, 2.05) is 35.0 Å². The Morgan fingerprint density at radius 2 is 1.84 bits per heavy atom. The van der Waals surface area contributed by atoms with Crippen LogP contribution >= 0.6 is 0 Å². The number of nitrogens with one attached hydrogen (secondary N) is 1. The molecule has 0 radical (unpaired) electrons. The van der Waals surface area contributed by atoms with Crippen molar-refractivity contribution in [3.8, 4) is 22.6 Å². The fourth-order valence-corrected chi connectivity index (χ4v) is 4.81. The van der Waals surface area contributed by atoms with Crippen LogP contribution in [0.15, 0.2) is 70.3 Å². The first-order valence-corrected chi connectivity index (χ1v) is 12.0. The summed E-state index contributed by atoms with van der Waals surface area (Å²) in [6, 6.07) is 13.4. The predicted octanol–water partition coefficient (Wildman–Crippen LogP) is 4.22. The van der Waals surface area contributed by atoms with Crippen LogP contribution in [-0.2, 0) is 6.54 Å². The van der Waals surface area contributed by atoms with Gasteiger partial charge in [0.15, 0.2) is 0 Å². The van der Waals surface area contributed by atoms with E-state index < -0.39 is 12.3 Å². The minimum Gasteiger partial charge on any atom is -0.415 e. The molecule has 5 aromatic rings. The summed E-state index contributed by atoms with van der Waals surface area (Å²) in [7, 11) is 0. The summed E-state index contributed by atoms with van der Waals surface area (Å²) in [4.78, 5) is 22.4. The number of piperidine rings is 1. The second kappa shape index (κ2) is 9.66. The number of halogens is 2. The molecule has 11 heteroatoms. The number of rotatable bonds is 6. The minimum atomic E-state index is -2.84. The van der Waals surface area contributed by atoms with E-state index in [2.05, 4.69) is 31.5 Å². The van der Waals surface area contributed by atoms with Crippen LogP contribution in [0, 0.1) is 0 Å². The van der Waals surface area contributed by atoms with Crippen LogP contribution in [0.5, 0.6) is 0 Å². The summed E-state index contributed by atoms with van der Waals surface area (Å²) in [6.07, 6.45) is 3.93. The summed E-state index contributed by atoms with van der Waals surface area (Å²) in [6.45, 7) is 1.97. The van der Waals surface area contributed by atoms with Crippen molar-refractivity contribution in [2.24, 2.45) is 0 Å². The Bertz CT molecular complexity index is 1590. The van der Waals surface area contributed by atoms with Crippen LogP contribution < -0.4 is 11.0 Å². The van der Waals surface area contributed by atoms with E-state index in [0.29, 0.717) is 11.3 Å². The van der Waals surface area contributed by atoms with E-state index in [0.717, 1.165) is 48.1 Å². The van der Waals surface area contributed by atoms with E-state index >= 15 is 0 Å². The molecule has 1 aliphatic heterocycles. The van der Waals surface area contributed by atoms with Gasteiger partial charge in [0.05, 0.1) is 28.8 Å². The first-order valence-electron chi connectivity index (χ1n) is 12.0. The van der Waals surface area contributed by atoms with Crippen molar-refractivity contribution in [1.82, 2.24) is 34.6 Å². The third kappa shape index (κ3) is 4.42. The zero-order valence-electron chi connectivity index (χ0n) is 19.7. The van der Waals surface area contributed by atoms with Gasteiger partial charge in [-0.3, -0.25) is 19.1 Å². The van der Waals surface area contributed by atoms with E-state index in [1.54, 1.807) is 22.9 Å². The van der Waals surface area contributed by atoms with Crippen molar-refractivity contribution < 1.29 is 13.2 Å². The molecule has 1 aromatic carbocycles. The van der Waals surface area contributed by atoms with Crippen molar-refractivity contribution in [2.75, 3.05) is 13.1 Å². The molecule has 0 saturated carbocycles. The molecule has 1 fully saturated rings. The van der Waals surface area contributed by atoms with Crippen LogP contribution in [0.4, 0.5) is 8.78 Å². The molecule has 0 spiro atoms. The lowest BCUT2D eigenvalue weighted by atomic mass is 10.0. The second-order valence-electron chi connectivity index (χ2n) is 8.95. The van der Waals surface area contributed by atoms with Gasteiger partial charge in [-0.25, -0.2) is 4.79 Å². The van der Waals surface area contributed by atoms with Crippen LogP contribution in [0.25, 0.3) is 33.6 Å². The Balaban J connectivity index is 1.38. The summed E-state index contributed by atoms with van der Waals surface area (Å²) in [5.74, 6) is -0.765. The molecule has 9 nitrogen and oxygen atoms in total. The molecule has 5 heterocycles. The number of alkyl halides is 2. The predicted molar refractivity (Wildman–Crippen MR) is 132 cm³/mol. The van der Waals surface area contributed by atoms with Gasteiger partial charge in [0.2, 0.25) is 5.89 Å². The lowest BCUT2D eigenvalue weighted by Crippen LogP contribution is -2.35. The quantitative estimate of drug-likeness (QED) is 0.370. The number of pyridine rings is 2.